The fourth-order valence-corrected chi connectivity index (χ4v) is 3.45. The van der Waals surface area contributed by atoms with E-state index >= 15 is 0 Å². The maximum absolute atomic E-state index is 4.48. The Hall–Kier alpha value is -0.870. The lowest BCUT2D eigenvalue weighted by Gasteiger charge is -2.36. The van der Waals surface area contributed by atoms with Gasteiger partial charge in [-0.3, -0.25) is 4.90 Å². The van der Waals surface area contributed by atoms with Crippen LogP contribution in [-0.2, 0) is 13.6 Å². The summed E-state index contributed by atoms with van der Waals surface area (Å²) in [4.78, 5) is 7.00. The molecule has 0 radical (unpaired) electrons. The molecule has 2 atom stereocenters. The Morgan fingerprint density at radius 1 is 1.29 bits per heavy atom. The second-order valence-electron chi connectivity index (χ2n) is 6.49. The van der Waals surface area contributed by atoms with E-state index < -0.39 is 0 Å². The Labute approximate surface area is 129 Å². The van der Waals surface area contributed by atoms with Crippen molar-refractivity contribution in [2.24, 2.45) is 7.05 Å². The Bertz CT molecular complexity index is 399. The molecule has 1 heterocycles. The van der Waals surface area contributed by atoms with Gasteiger partial charge in [0.25, 0.3) is 0 Å². The second kappa shape index (κ2) is 8.54. The smallest absolute Gasteiger partial charge is 0.122 e. The van der Waals surface area contributed by atoms with Gasteiger partial charge < -0.3 is 9.88 Å². The zero-order valence-corrected chi connectivity index (χ0v) is 14.0. The van der Waals surface area contributed by atoms with E-state index in [0.29, 0.717) is 12.1 Å². The molecule has 120 valence electrons. The minimum absolute atomic E-state index is 0.633. The van der Waals surface area contributed by atoms with E-state index in [1.165, 1.54) is 44.9 Å². The quantitative estimate of drug-likeness (QED) is 0.875. The average Bonchev–Trinajstić information content (AvgIpc) is 2.83. The monoisotopic (exact) mass is 292 g/mol. The van der Waals surface area contributed by atoms with Gasteiger partial charge in [-0.25, -0.2) is 4.98 Å². The maximum Gasteiger partial charge on any atom is 0.122 e. The van der Waals surface area contributed by atoms with Crippen LogP contribution in [0.2, 0.25) is 0 Å². The molecule has 4 heteroatoms. The predicted octanol–water partition coefficient (Wildman–Crippen LogP) is 2.94. The van der Waals surface area contributed by atoms with Crippen molar-refractivity contribution in [3.05, 3.63) is 18.2 Å². The molecule has 2 rings (SSSR count). The van der Waals surface area contributed by atoms with E-state index in [2.05, 4.69) is 40.8 Å². The molecule has 1 saturated carbocycles. The van der Waals surface area contributed by atoms with Crippen molar-refractivity contribution in [2.75, 3.05) is 13.6 Å². The lowest BCUT2D eigenvalue weighted by Crippen LogP contribution is -2.49. The van der Waals surface area contributed by atoms with Crippen molar-refractivity contribution < 1.29 is 0 Å². The SMILES string of the molecule is CCCNC1CCCCCCC1N(C)Cc1nccn1C. The van der Waals surface area contributed by atoms with Crippen LogP contribution in [0.4, 0.5) is 0 Å². The summed E-state index contributed by atoms with van der Waals surface area (Å²) < 4.78 is 2.13. The lowest BCUT2D eigenvalue weighted by atomic mass is 9.91. The molecule has 0 aliphatic heterocycles. The minimum Gasteiger partial charge on any atom is -0.337 e. The molecule has 2 unspecified atom stereocenters. The van der Waals surface area contributed by atoms with Gasteiger partial charge in [0, 0.05) is 31.5 Å². The minimum atomic E-state index is 0.633. The van der Waals surface area contributed by atoms with Crippen molar-refractivity contribution in [1.29, 1.82) is 0 Å². The number of likely N-dealkylation sites (N-methyl/N-ethyl adjacent to an activating group) is 1. The number of rotatable bonds is 6. The van der Waals surface area contributed by atoms with E-state index in [1.807, 2.05) is 12.4 Å². The summed E-state index contributed by atoms with van der Waals surface area (Å²) >= 11 is 0. The number of nitrogens with zero attached hydrogens (tertiary/aromatic N) is 3. The maximum atomic E-state index is 4.48. The highest BCUT2D eigenvalue weighted by Gasteiger charge is 2.26. The van der Waals surface area contributed by atoms with Crippen molar-refractivity contribution in [3.8, 4) is 0 Å². The third kappa shape index (κ3) is 4.82. The van der Waals surface area contributed by atoms with E-state index in [9.17, 15) is 0 Å². The predicted molar refractivity (Wildman–Crippen MR) is 88.2 cm³/mol. The first-order valence-corrected chi connectivity index (χ1v) is 8.62. The second-order valence-corrected chi connectivity index (χ2v) is 6.49. The largest absolute Gasteiger partial charge is 0.337 e. The van der Waals surface area contributed by atoms with Gasteiger partial charge in [-0.15, -0.1) is 0 Å². The standard InChI is InChI=1S/C17H32N4/c1-4-11-18-15-9-7-5-6-8-10-16(15)21(3)14-17-19-12-13-20(17)2/h12-13,15-16,18H,4-11,14H2,1-3H3. The fourth-order valence-electron chi connectivity index (χ4n) is 3.45. The average molecular weight is 292 g/mol. The molecule has 0 bridgehead atoms. The van der Waals surface area contributed by atoms with Gasteiger partial charge in [0.1, 0.15) is 5.82 Å². The summed E-state index contributed by atoms with van der Waals surface area (Å²) in [6.07, 6.45) is 13.3. The van der Waals surface area contributed by atoms with E-state index in [0.717, 1.165) is 18.9 Å². The summed E-state index contributed by atoms with van der Waals surface area (Å²) in [5, 5.41) is 3.80. The van der Waals surface area contributed by atoms with Crippen molar-refractivity contribution in [3.63, 3.8) is 0 Å². The molecule has 1 N–H and O–H groups in total. The highest BCUT2D eigenvalue weighted by atomic mass is 15.2. The Balaban J connectivity index is 2.01. The highest BCUT2D eigenvalue weighted by Crippen LogP contribution is 2.22. The summed E-state index contributed by atoms with van der Waals surface area (Å²) in [6.45, 7) is 4.33. The number of aromatic nitrogens is 2. The summed E-state index contributed by atoms with van der Waals surface area (Å²) in [7, 11) is 4.35. The molecule has 21 heavy (non-hydrogen) atoms. The molecule has 1 aromatic rings. The number of aryl methyl sites for hydroxylation is 1. The zero-order valence-electron chi connectivity index (χ0n) is 14.0. The van der Waals surface area contributed by atoms with Gasteiger partial charge in [-0.05, 0) is 32.9 Å². The number of hydrogen-bond acceptors (Lipinski definition) is 3. The molecular weight excluding hydrogens is 260 g/mol. The van der Waals surface area contributed by atoms with Gasteiger partial charge >= 0.3 is 0 Å². The number of imidazole rings is 1. The van der Waals surface area contributed by atoms with Crippen molar-refractivity contribution in [1.82, 2.24) is 19.8 Å². The van der Waals surface area contributed by atoms with Crippen molar-refractivity contribution in [2.45, 2.75) is 70.5 Å². The molecule has 1 fully saturated rings. The Kier molecular flexibility index (Phi) is 6.71. The Morgan fingerprint density at radius 3 is 2.71 bits per heavy atom. The van der Waals surface area contributed by atoms with Crippen LogP contribution in [0.5, 0.6) is 0 Å². The normalized spacial score (nSPS) is 24.0. The topological polar surface area (TPSA) is 33.1 Å². The Morgan fingerprint density at radius 2 is 2.05 bits per heavy atom. The van der Waals surface area contributed by atoms with Crippen molar-refractivity contribution >= 4 is 0 Å². The molecule has 1 aromatic heterocycles. The number of nitrogens with one attached hydrogen (secondary N) is 1. The van der Waals surface area contributed by atoms with Crippen LogP contribution in [0, 0.1) is 0 Å². The van der Waals surface area contributed by atoms with Crippen LogP contribution in [0.1, 0.15) is 57.7 Å². The number of hydrogen-bond donors (Lipinski definition) is 1. The van der Waals surface area contributed by atoms with Gasteiger partial charge in [-0.1, -0.05) is 32.6 Å². The molecule has 0 saturated heterocycles. The summed E-state index contributed by atoms with van der Waals surface area (Å²) in [5.41, 5.74) is 0. The van der Waals surface area contributed by atoms with Crippen LogP contribution in [0.3, 0.4) is 0 Å². The van der Waals surface area contributed by atoms with E-state index in [-0.39, 0.29) is 0 Å². The first-order chi connectivity index (χ1) is 10.2. The molecule has 1 aliphatic rings. The van der Waals surface area contributed by atoms with Crippen LogP contribution in [0.15, 0.2) is 12.4 Å². The molecular formula is C17H32N4. The van der Waals surface area contributed by atoms with Crippen LogP contribution >= 0.6 is 0 Å². The molecule has 0 amide bonds. The van der Waals surface area contributed by atoms with Crippen LogP contribution in [0.25, 0.3) is 0 Å². The summed E-state index contributed by atoms with van der Waals surface area (Å²) in [6, 6.07) is 1.27. The first-order valence-electron chi connectivity index (χ1n) is 8.62. The van der Waals surface area contributed by atoms with Gasteiger partial charge in [0.2, 0.25) is 0 Å². The van der Waals surface area contributed by atoms with Gasteiger partial charge in [0.05, 0.1) is 6.54 Å². The first kappa shape index (κ1) is 16.5. The van der Waals surface area contributed by atoms with Crippen LogP contribution in [-0.4, -0.2) is 40.1 Å². The highest BCUT2D eigenvalue weighted by molar-refractivity contribution is 4.93. The van der Waals surface area contributed by atoms with E-state index in [4.69, 9.17) is 0 Å². The fraction of sp³-hybridized carbons (Fsp3) is 0.824. The molecule has 1 aliphatic carbocycles. The van der Waals surface area contributed by atoms with Crippen LogP contribution < -0.4 is 5.32 Å². The van der Waals surface area contributed by atoms with Gasteiger partial charge in [0.15, 0.2) is 0 Å². The molecule has 0 aromatic carbocycles. The van der Waals surface area contributed by atoms with E-state index in [1.54, 1.807) is 0 Å². The molecule has 0 spiro atoms. The molecule has 4 nitrogen and oxygen atoms in total. The third-order valence-electron chi connectivity index (χ3n) is 4.76. The third-order valence-corrected chi connectivity index (χ3v) is 4.76. The zero-order chi connectivity index (χ0) is 15.1. The van der Waals surface area contributed by atoms with Gasteiger partial charge in [-0.2, -0.15) is 0 Å². The lowest BCUT2D eigenvalue weighted by molar-refractivity contribution is 0.152. The summed E-state index contributed by atoms with van der Waals surface area (Å²) in [5.74, 6) is 1.16.